The van der Waals surface area contributed by atoms with Crippen LogP contribution in [-0.4, -0.2) is 35.2 Å². The molecule has 1 aliphatic heterocycles. The molecule has 1 amide bonds. The van der Waals surface area contributed by atoms with Crippen LogP contribution in [0.15, 0.2) is 12.1 Å². The maximum absolute atomic E-state index is 12.9. The lowest BCUT2D eigenvalue weighted by Gasteiger charge is -2.36. The van der Waals surface area contributed by atoms with Crippen LogP contribution >= 0.6 is 0 Å². The summed E-state index contributed by atoms with van der Waals surface area (Å²) >= 11 is 0. The van der Waals surface area contributed by atoms with Crippen LogP contribution < -0.4 is 0 Å². The van der Waals surface area contributed by atoms with Gasteiger partial charge in [0, 0.05) is 12.6 Å². The number of hydrogen-bond donors (Lipinski definition) is 0. The number of ether oxygens (including phenoxy) is 2. The summed E-state index contributed by atoms with van der Waals surface area (Å²) in [5.41, 5.74) is -0.918. The van der Waals surface area contributed by atoms with Crippen molar-refractivity contribution in [1.82, 2.24) is 9.88 Å². The van der Waals surface area contributed by atoms with Gasteiger partial charge in [0.25, 0.3) is 0 Å². The summed E-state index contributed by atoms with van der Waals surface area (Å²) in [6, 6.07) is 1.73. The molecule has 0 radical (unpaired) electrons. The average Bonchev–Trinajstić information content (AvgIpc) is 2.44. The summed E-state index contributed by atoms with van der Waals surface area (Å²) in [6.07, 6.45) is -5.68. The molecule has 0 aliphatic carbocycles. The third-order valence-electron chi connectivity index (χ3n) is 3.65. The molecule has 5 nitrogen and oxygen atoms in total. The molecular formula is C16H21F3N2O3. The van der Waals surface area contributed by atoms with Crippen molar-refractivity contribution >= 4 is 6.09 Å². The van der Waals surface area contributed by atoms with Gasteiger partial charge in [-0.2, -0.15) is 13.2 Å². The highest BCUT2D eigenvalue weighted by Gasteiger charge is 2.37. The summed E-state index contributed by atoms with van der Waals surface area (Å²) < 4.78 is 49.4. The van der Waals surface area contributed by atoms with E-state index in [4.69, 9.17) is 9.47 Å². The Labute approximate surface area is 138 Å². The molecule has 2 rings (SSSR count). The standard InChI is InChI=1S/C16H21F3N2O3/c1-9-13-10(6-7-12(20-13)16(17,18)19)11(8-23-9)21(5)14(22)24-15(2,3)4/h6-7,9,11H,8H2,1-5H3/t9-,11?/m1/s1. The SMILES string of the molecule is C[C@H]1OCC(N(C)C(=O)OC(C)(C)C)c2ccc(C(F)(F)F)nc21. The molecule has 2 heterocycles. The lowest BCUT2D eigenvalue weighted by molar-refractivity contribution is -0.141. The van der Waals surface area contributed by atoms with Crippen LogP contribution in [0.25, 0.3) is 0 Å². The van der Waals surface area contributed by atoms with Gasteiger partial charge in [-0.1, -0.05) is 6.07 Å². The van der Waals surface area contributed by atoms with Gasteiger partial charge in [-0.25, -0.2) is 9.78 Å². The molecule has 0 bridgehead atoms. The Morgan fingerprint density at radius 1 is 1.33 bits per heavy atom. The first-order chi connectivity index (χ1) is 10.9. The first-order valence-corrected chi connectivity index (χ1v) is 7.55. The number of carbonyl (C=O) groups is 1. The summed E-state index contributed by atoms with van der Waals surface area (Å²) in [4.78, 5) is 17.3. The highest BCUT2D eigenvalue weighted by atomic mass is 19.4. The van der Waals surface area contributed by atoms with Crippen molar-refractivity contribution in [2.75, 3.05) is 13.7 Å². The van der Waals surface area contributed by atoms with E-state index in [1.165, 1.54) is 18.0 Å². The summed E-state index contributed by atoms with van der Waals surface area (Å²) in [6.45, 7) is 7.02. The average molecular weight is 346 g/mol. The van der Waals surface area contributed by atoms with E-state index in [1.807, 2.05) is 0 Å². The molecule has 0 aromatic carbocycles. The fourth-order valence-corrected chi connectivity index (χ4v) is 2.44. The maximum atomic E-state index is 12.9. The van der Waals surface area contributed by atoms with E-state index < -0.39 is 35.7 Å². The van der Waals surface area contributed by atoms with Crippen molar-refractivity contribution in [1.29, 1.82) is 0 Å². The van der Waals surface area contributed by atoms with Crippen LogP contribution in [0.3, 0.4) is 0 Å². The van der Waals surface area contributed by atoms with Crippen molar-refractivity contribution in [3.8, 4) is 0 Å². The monoisotopic (exact) mass is 346 g/mol. The molecule has 1 aromatic heterocycles. The maximum Gasteiger partial charge on any atom is 0.433 e. The van der Waals surface area contributed by atoms with Gasteiger partial charge in [0.2, 0.25) is 0 Å². The molecule has 0 saturated carbocycles. The van der Waals surface area contributed by atoms with E-state index in [0.717, 1.165) is 6.07 Å². The second-order valence-electron chi connectivity index (χ2n) is 6.75. The quantitative estimate of drug-likeness (QED) is 0.768. The Morgan fingerprint density at radius 2 is 1.96 bits per heavy atom. The molecule has 8 heteroatoms. The van der Waals surface area contributed by atoms with Gasteiger partial charge < -0.3 is 14.4 Å². The molecule has 134 valence electrons. The van der Waals surface area contributed by atoms with Gasteiger partial charge in [-0.3, -0.25) is 0 Å². The third kappa shape index (κ3) is 3.98. The van der Waals surface area contributed by atoms with Crippen molar-refractivity contribution in [2.45, 2.75) is 51.6 Å². The molecule has 2 atom stereocenters. The minimum atomic E-state index is -4.53. The zero-order chi connectivity index (χ0) is 18.3. The van der Waals surface area contributed by atoms with Crippen molar-refractivity contribution in [2.24, 2.45) is 0 Å². The highest BCUT2D eigenvalue weighted by molar-refractivity contribution is 5.68. The first kappa shape index (κ1) is 18.5. The minimum Gasteiger partial charge on any atom is -0.444 e. The molecule has 1 aromatic rings. The number of pyridine rings is 1. The van der Waals surface area contributed by atoms with Crippen LogP contribution in [0.2, 0.25) is 0 Å². The normalized spacial score (nSPS) is 21.2. The third-order valence-corrected chi connectivity index (χ3v) is 3.65. The number of aromatic nitrogens is 1. The number of halogens is 3. The first-order valence-electron chi connectivity index (χ1n) is 7.55. The molecular weight excluding hydrogens is 325 g/mol. The van der Waals surface area contributed by atoms with E-state index in [-0.39, 0.29) is 12.3 Å². The fourth-order valence-electron chi connectivity index (χ4n) is 2.44. The molecule has 0 saturated heterocycles. The highest BCUT2D eigenvalue weighted by Crippen LogP contribution is 2.37. The number of rotatable bonds is 1. The largest absolute Gasteiger partial charge is 0.444 e. The summed E-state index contributed by atoms with van der Waals surface area (Å²) in [5.74, 6) is 0. The summed E-state index contributed by atoms with van der Waals surface area (Å²) in [7, 11) is 1.53. The lowest BCUT2D eigenvalue weighted by atomic mass is 9.98. The smallest absolute Gasteiger partial charge is 0.433 e. The van der Waals surface area contributed by atoms with Gasteiger partial charge in [0.05, 0.1) is 24.4 Å². The van der Waals surface area contributed by atoms with Crippen LogP contribution in [0, 0.1) is 0 Å². The minimum absolute atomic E-state index is 0.164. The van der Waals surface area contributed by atoms with Gasteiger partial charge in [-0.05, 0) is 33.8 Å². The van der Waals surface area contributed by atoms with Crippen molar-refractivity contribution in [3.05, 3.63) is 29.1 Å². The number of amides is 1. The number of likely N-dealkylation sites (N-methyl/N-ethyl adjacent to an activating group) is 1. The Hall–Kier alpha value is -1.83. The summed E-state index contributed by atoms with van der Waals surface area (Å²) in [5, 5.41) is 0. The lowest BCUT2D eigenvalue weighted by Crippen LogP contribution is -2.40. The Balaban J connectivity index is 2.33. The molecule has 1 aliphatic rings. The molecule has 0 spiro atoms. The molecule has 0 N–H and O–H groups in total. The number of alkyl halides is 3. The Kier molecular flexibility index (Phi) is 4.81. The van der Waals surface area contributed by atoms with Crippen molar-refractivity contribution < 1.29 is 27.4 Å². The van der Waals surface area contributed by atoms with E-state index >= 15 is 0 Å². The Bertz CT molecular complexity index is 626. The van der Waals surface area contributed by atoms with Crippen molar-refractivity contribution in [3.63, 3.8) is 0 Å². The molecule has 1 unspecified atom stereocenters. The molecule has 24 heavy (non-hydrogen) atoms. The predicted molar refractivity (Wildman–Crippen MR) is 80.3 cm³/mol. The van der Waals surface area contributed by atoms with Gasteiger partial charge in [0.15, 0.2) is 0 Å². The van der Waals surface area contributed by atoms with Crippen LogP contribution in [0.4, 0.5) is 18.0 Å². The number of nitrogens with zero attached hydrogens (tertiary/aromatic N) is 2. The predicted octanol–water partition coefficient (Wildman–Crippen LogP) is 4.10. The zero-order valence-corrected chi connectivity index (χ0v) is 14.3. The van der Waals surface area contributed by atoms with Crippen LogP contribution in [0.1, 0.15) is 56.8 Å². The second kappa shape index (κ2) is 6.23. The van der Waals surface area contributed by atoms with E-state index in [1.54, 1.807) is 27.7 Å². The number of fused-ring (bicyclic) bond motifs is 1. The van der Waals surface area contributed by atoms with Gasteiger partial charge in [-0.15, -0.1) is 0 Å². The number of carbonyl (C=O) groups excluding carboxylic acids is 1. The topological polar surface area (TPSA) is 51.7 Å². The fraction of sp³-hybridized carbons (Fsp3) is 0.625. The van der Waals surface area contributed by atoms with Crippen LogP contribution in [0.5, 0.6) is 0 Å². The van der Waals surface area contributed by atoms with E-state index in [9.17, 15) is 18.0 Å². The van der Waals surface area contributed by atoms with E-state index in [2.05, 4.69) is 4.98 Å². The Morgan fingerprint density at radius 3 is 2.50 bits per heavy atom. The van der Waals surface area contributed by atoms with E-state index in [0.29, 0.717) is 5.56 Å². The second-order valence-corrected chi connectivity index (χ2v) is 6.75. The van der Waals surface area contributed by atoms with Gasteiger partial charge >= 0.3 is 12.3 Å². The molecule has 0 fully saturated rings. The zero-order valence-electron chi connectivity index (χ0n) is 14.3. The van der Waals surface area contributed by atoms with Crippen LogP contribution in [-0.2, 0) is 15.7 Å². The van der Waals surface area contributed by atoms with Gasteiger partial charge in [0.1, 0.15) is 11.3 Å². The number of hydrogen-bond acceptors (Lipinski definition) is 4.